The van der Waals surface area contributed by atoms with Gasteiger partial charge in [0, 0.05) is 13.1 Å². The van der Waals surface area contributed by atoms with E-state index in [0.29, 0.717) is 12.8 Å². The lowest BCUT2D eigenvalue weighted by molar-refractivity contribution is -0.155. The Morgan fingerprint density at radius 2 is 2.06 bits per heavy atom. The Labute approximate surface area is 112 Å². The van der Waals surface area contributed by atoms with Crippen molar-refractivity contribution in [1.29, 1.82) is 0 Å². The molecule has 3 atom stereocenters. The summed E-state index contributed by atoms with van der Waals surface area (Å²) in [5, 5.41) is 8.82. The zero-order valence-corrected chi connectivity index (χ0v) is 11.9. The van der Waals surface area contributed by atoms with Crippen LogP contribution in [0.25, 0.3) is 0 Å². The van der Waals surface area contributed by atoms with E-state index < -0.39 is 18.2 Å². The molecule has 0 spiro atoms. The molecule has 0 bridgehead atoms. The smallest absolute Gasteiger partial charge is 0.332 e. The lowest BCUT2D eigenvalue weighted by Gasteiger charge is -2.27. The second kappa shape index (κ2) is 6.99. The van der Waals surface area contributed by atoms with Crippen molar-refractivity contribution in [2.45, 2.75) is 44.4 Å². The summed E-state index contributed by atoms with van der Waals surface area (Å²) < 4.78 is 5.26. The summed E-state index contributed by atoms with van der Waals surface area (Å²) >= 11 is 1.75. The lowest BCUT2D eigenvalue weighted by Crippen LogP contribution is -2.42. The van der Waals surface area contributed by atoms with Crippen molar-refractivity contribution >= 4 is 23.6 Å². The fourth-order valence-electron chi connectivity index (χ4n) is 1.93. The minimum Gasteiger partial charge on any atom is -0.479 e. The molecular weight excluding hydrogens is 254 g/mol. The molecule has 0 radical (unpaired) electrons. The molecule has 18 heavy (non-hydrogen) atoms. The zero-order chi connectivity index (χ0) is 13.7. The summed E-state index contributed by atoms with van der Waals surface area (Å²) in [5.74, 6) is -0.0852. The van der Waals surface area contributed by atoms with E-state index in [0.717, 1.165) is 12.2 Å². The topological polar surface area (TPSA) is 66.8 Å². The first-order chi connectivity index (χ1) is 8.47. The molecule has 1 amide bonds. The van der Waals surface area contributed by atoms with Gasteiger partial charge in [-0.25, -0.2) is 4.79 Å². The minimum absolute atomic E-state index is 0.104. The summed E-state index contributed by atoms with van der Waals surface area (Å²) in [6.45, 7) is 2.00. The van der Waals surface area contributed by atoms with Crippen LogP contribution in [0.3, 0.4) is 0 Å². The van der Waals surface area contributed by atoms with Crippen LogP contribution >= 0.6 is 11.8 Å². The fraction of sp³-hybridized carbons (Fsp3) is 0.833. The van der Waals surface area contributed by atoms with Gasteiger partial charge in [-0.2, -0.15) is 11.8 Å². The van der Waals surface area contributed by atoms with Gasteiger partial charge in [0.2, 0.25) is 0 Å². The third-order valence-corrected chi connectivity index (χ3v) is 3.96. The largest absolute Gasteiger partial charge is 0.479 e. The molecule has 0 saturated carbocycles. The molecule has 0 aromatic carbocycles. The average molecular weight is 275 g/mol. The van der Waals surface area contributed by atoms with Crippen LogP contribution in [0.2, 0.25) is 0 Å². The molecule has 0 aliphatic carbocycles. The van der Waals surface area contributed by atoms with Gasteiger partial charge in [-0.1, -0.05) is 0 Å². The molecular formula is C12H21NO4S. The molecule has 1 heterocycles. The van der Waals surface area contributed by atoms with Crippen LogP contribution in [0.5, 0.6) is 0 Å². The quantitative estimate of drug-likeness (QED) is 0.789. The molecule has 1 rings (SSSR count). The van der Waals surface area contributed by atoms with Crippen LogP contribution in [0, 0.1) is 0 Å². The number of amides is 1. The molecule has 1 fully saturated rings. The van der Waals surface area contributed by atoms with Crippen LogP contribution < -0.4 is 0 Å². The van der Waals surface area contributed by atoms with E-state index in [-0.39, 0.29) is 11.9 Å². The molecule has 1 aliphatic heterocycles. The van der Waals surface area contributed by atoms with Crippen LogP contribution in [0.1, 0.15) is 26.2 Å². The first-order valence-corrected chi connectivity index (χ1v) is 7.50. The molecule has 3 unspecified atom stereocenters. The number of carboxylic acid groups (broad SMARTS) is 1. The van der Waals surface area contributed by atoms with Crippen molar-refractivity contribution in [2.24, 2.45) is 0 Å². The Morgan fingerprint density at radius 3 is 2.56 bits per heavy atom. The number of aliphatic carboxylic acids is 1. The SMILES string of the molecule is CSCCC(C)N(C)C(=O)C1CCC(C(=O)O)O1. The van der Waals surface area contributed by atoms with Gasteiger partial charge in [0.05, 0.1) is 0 Å². The minimum atomic E-state index is -0.983. The molecule has 104 valence electrons. The van der Waals surface area contributed by atoms with Crippen LogP contribution in [-0.2, 0) is 14.3 Å². The summed E-state index contributed by atoms with van der Waals surface area (Å²) in [7, 11) is 1.75. The van der Waals surface area contributed by atoms with Crippen molar-refractivity contribution in [1.82, 2.24) is 4.90 Å². The summed E-state index contributed by atoms with van der Waals surface area (Å²) in [6, 6.07) is 0.150. The van der Waals surface area contributed by atoms with Gasteiger partial charge in [0.15, 0.2) is 6.10 Å². The first-order valence-electron chi connectivity index (χ1n) is 6.11. The van der Waals surface area contributed by atoms with Crippen molar-refractivity contribution in [3.8, 4) is 0 Å². The summed E-state index contributed by atoms with van der Waals surface area (Å²) in [4.78, 5) is 24.6. The predicted molar refractivity (Wildman–Crippen MR) is 70.8 cm³/mol. The summed E-state index contributed by atoms with van der Waals surface area (Å²) in [5.41, 5.74) is 0. The molecule has 1 aliphatic rings. The summed E-state index contributed by atoms with van der Waals surface area (Å²) in [6.07, 6.45) is 2.46. The van der Waals surface area contributed by atoms with Crippen molar-refractivity contribution in [2.75, 3.05) is 19.1 Å². The number of ether oxygens (including phenoxy) is 1. The van der Waals surface area contributed by atoms with Crippen LogP contribution in [0.4, 0.5) is 0 Å². The number of carboxylic acids is 1. The zero-order valence-electron chi connectivity index (χ0n) is 11.1. The normalized spacial score (nSPS) is 24.8. The number of thioether (sulfide) groups is 1. The van der Waals surface area contributed by atoms with Gasteiger partial charge in [-0.3, -0.25) is 4.79 Å². The van der Waals surface area contributed by atoms with E-state index in [1.54, 1.807) is 23.7 Å². The monoisotopic (exact) mass is 275 g/mol. The Kier molecular flexibility index (Phi) is 5.95. The number of nitrogens with zero attached hydrogens (tertiary/aromatic N) is 1. The standard InChI is InChI=1S/C12H21NO4S/c1-8(6-7-18-3)13(2)11(14)9-4-5-10(17-9)12(15)16/h8-10H,4-7H2,1-3H3,(H,15,16). The highest BCUT2D eigenvalue weighted by Gasteiger charge is 2.36. The predicted octanol–water partition coefficient (Wildman–Crippen LogP) is 1.22. The second-order valence-electron chi connectivity index (χ2n) is 4.61. The van der Waals surface area contributed by atoms with Crippen LogP contribution in [-0.4, -0.2) is 59.2 Å². The van der Waals surface area contributed by atoms with Gasteiger partial charge in [0.1, 0.15) is 6.10 Å². The lowest BCUT2D eigenvalue weighted by atomic mass is 10.1. The molecule has 1 N–H and O–H groups in total. The molecule has 0 aromatic rings. The molecule has 6 heteroatoms. The number of carbonyl (C=O) groups excluding carboxylic acids is 1. The van der Waals surface area contributed by atoms with E-state index in [1.165, 1.54) is 0 Å². The fourth-order valence-corrected chi connectivity index (χ4v) is 2.50. The molecule has 1 saturated heterocycles. The van der Waals surface area contributed by atoms with E-state index in [2.05, 4.69) is 0 Å². The number of hydrogen-bond acceptors (Lipinski definition) is 4. The van der Waals surface area contributed by atoms with E-state index in [4.69, 9.17) is 9.84 Å². The van der Waals surface area contributed by atoms with Crippen molar-refractivity contribution < 1.29 is 19.4 Å². The molecule has 5 nitrogen and oxygen atoms in total. The Balaban J connectivity index is 2.47. The maximum absolute atomic E-state index is 12.1. The van der Waals surface area contributed by atoms with Gasteiger partial charge >= 0.3 is 5.97 Å². The Bertz CT molecular complexity index is 310. The van der Waals surface area contributed by atoms with E-state index in [1.807, 2.05) is 13.2 Å². The third kappa shape index (κ3) is 3.88. The van der Waals surface area contributed by atoms with E-state index >= 15 is 0 Å². The van der Waals surface area contributed by atoms with Crippen molar-refractivity contribution in [3.63, 3.8) is 0 Å². The van der Waals surface area contributed by atoms with Crippen molar-refractivity contribution in [3.05, 3.63) is 0 Å². The Morgan fingerprint density at radius 1 is 1.44 bits per heavy atom. The van der Waals surface area contributed by atoms with E-state index in [9.17, 15) is 9.59 Å². The number of likely N-dealkylation sites (N-methyl/N-ethyl adjacent to an activating group) is 1. The maximum Gasteiger partial charge on any atom is 0.332 e. The number of rotatable bonds is 6. The highest BCUT2D eigenvalue weighted by molar-refractivity contribution is 7.98. The van der Waals surface area contributed by atoms with Gasteiger partial charge < -0.3 is 14.7 Å². The highest BCUT2D eigenvalue weighted by Crippen LogP contribution is 2.22. The van der Waals surface area contributed by atoms with Gasteiger partial charge in [-0.15, -0.1) is 0 Å². The number of hydrogen-bond donors (Lipinski definition) is 1. The maximum atomic E-state index is 12.1. The van der Waals surface area contributed by atoms with Crippen LogP contribution in [0.15, 0.2) is 0 Å². The average Bonchev–Trinajstić information content (AvgIpc) is 2.83. The van der Waals surface area contributed by atoms with Gasteiger partial charge in [0.25, 0.3) is 5.91 Å². The van der Waals surface area contributed by atoms with Gasteiger partial charge in [-0.05, 0) is 38.2 Å². The highest BCUT2D eigenvalue weighted by atomic mass is 32.2. The number of carbonyl (C=O) groups is 2. The Hall–Kier alpha value is -0.750. The first kappa shape index (κ1) is 15.3. The second-order valence-corrected chi connectivity index (χ2v) is 5.59. The molecule has 0 aromatic heterocycles. The third-order valence-electron chi connectivity index (χ3n) is 3.32.